The number of hydrogen-bond acceptors (Lipinski definition) is 7. The number of nitrogens with zero attached hydrogens (tertiary/aromatic N) is 2. The zero-order chi connectivity index (χ0) is 32.8. The SMILES string of the molecule is CCOC(=O)c1cc(Br)c(OCC(F)(F)F)nc1C(F)(F)F.O=C(O)c1cc(Br)c(OCC(F)(F)F)nc1C(F)(F)F. The normalized spacial score (nSPS) is 12.3. The molecule has 0 bridgehead atoms. The van der Waals surface area contributed by atoms with Crippen molar-refractivity contribution in [3.05, 3.63) is 43.6 Å². The summed E-state index contributed by atoms with van der Waals surface area (Å²) in [6.45, 7) is -2.48. The van der Waals surface area contributed by atoms with E-state index in [1.165, 1.54) is 6.92 Å². The maximum absolute atomic E-state index is 12.9. The molecule has 0 saturated heterocycles. The highest BCUT2D eigenvalue weighted by molar-refractivity contribution is 9.10. The number of carbonyl (C=O) groups is 2. The molecule has 2 aromatic rings. The first-order valence-corrected chi connectivity index (χ1v) is 11.8. The number of alkyl halides is 12. The van der Waals surface area contributed by atoms with Crippen LogP contribution in [0.15, 0.2) is 21.1 Å². The van der Waals surface area contributed by atoms with Gasteiger partial charge >= 0.3 is 36.6 Å². The van der Waals surface area contributed by atoms with Crippen LogP contribution in [0.3, 0.4) is 0 Å². The Bertz CT molecular complexity index is 1280. The van der Waals surface area contributed by atoms with Crippen molar-refractivity contribution in [2.45, 2.75) is 31.6 Å². The number of pyridine rings is 2. The van der Waals surface area contributed by atoms with E-state index in [0.717, 1.165) is 0 Å². The number of hydrogen-bond donors (Lipinski definition) is 1. The molecule has 0 aliphatic carbocycles. The summed E-state index contributed by atoms with van der Waals surface area (Å²) in [4.78, 5) is 27.9. The van der Waals surface area contributed by atoms with Crippen molar-refractivity contribution in [2.75, 3.05) is 19.8 Å². The highest BCUT2D eigenvalue weighted by Gasteiger charge is 2.40. The fourth-order valence-corrected chi connectivity index (χ4v) is 3.27. The number of carbonyl (C=O) groups excluding carboxylic acids is 1. The van der Waals surface area contributed by atoms with Crippen LogP contribution in [0.2, 0.25) is 0 Å². The van der Waals surface area contributed by atoms with Crippen LogP contribution >= 0.6 is 31.9 Å². The number of halogens is 14. The highest BCUT2D eigenvalue weighted by Crippen LogP contribution is 2.37. The number of esters is 1. The van der Waals surface area contributed by atoms with Gasteiger partial charge in [-0.05, 0) is 50.9 Å². The molecule has 2 aromatic heterocycles. The Morgan fingerprint density at radius 2 is 1.10 bits per heavy atom. The van der Waals surface area contributed by atoms with Crippen molar-refractivity contribution in [1.82, 2.24) is 9.97 Å². The number of aromatic carboxylic acids is 1. The molecule has 0 atom stereocenters. The molecular weight excluding hydrogens is 752 g/mol. The average molecular weight is 764 g/mol. The second-order valence-corrected chi connectivity index (χ2v) is 8.88. The van der Waals surface area contributed by atoms with Crippen molar-refractivity contribution in [2.24, 2.45) is 0 Å². The van der Waals surface area contributed by atoms with E-state index >= 15 is 0 Å². The molecule has 0 amide bonds. The molecule has 0 aliphatic rings. The molecule has 1 N–H and O–H groups in total. The third kappa shape index (κ3) is 11.7. The number of carboxylic acid groups (broad SMARTS) is 1. The first-order chi connectivity index (χ1) is 18.9. The molecule has 0 unspecified atom stereocenters. The fraction of sp³-hybridized carbons (Fsp3) is 0.400. The molecular formula is C20H12Br2F12N2O6. The minimum atomic E-state index is -5.15. The predicted molar refractivity (Wildman–Crippen MR) is 120 cm³/mol. The zero-order valence-electron chi connectivity index (χ0n) is 20.0. The van der Waals surface area contributed by atoms with E-state index in [0.29, 0.717) is 12.1 Å². The highest BCUT2D eigenvalue weighted by atomic mass is 79.9. The second kappa shape index (κ2) is 14.0. The Labute approximate surface area is 242 Å². The van der Waals surface area contributed by atoms with Gasteiger partial charge in [0.2, 0.25) is 11.8 Å². The lowest BCUT2D eigenvalue weighted by atomic mass is 10.2. The number of carboxylic acids is 1. The van der Waals surface area contributed by atoms with Crippen LogP contribution in [0, 0.1) is 0 Å². The van der Waals surface area contributed by atoms with E-state index in [-0.39, 0.29) is 11.1 Å². The summed E-state index contributed by atoms with van der Waals surface area (Å²) in [6.07, 6.45) is -19.7. The van der Waals surface area contributed by atoms with E-state index in [4.69, 9.17) is 5.11 Å². The van der Waals surface area contributed by atoms with Crippen molar-refractivity contribution >= 4 is 43.8 Å². The summed E-state index contributed by atoms with van der Waals surface area (Å²) in [5.41, 5.74) is -5.67. The van der Waals surface area contributed by atoms with Gasteiger partial charge in [0.25, 0.3) is 0 Å². The van der Waals surface area contributed by atoms with Gasteiger partial charge < -0.3 is 19.3 Å². The molecule has 0 spiro atoms. The van der Waals surface area contributed by atoms with Gasteiger partial charge in [0.05, 0.1) is 26.7 Å². The van der Waals surface area contributed by atoms with Crippen LogP contribution < -0.4 is 9.47 Å². The number of rotatable bonds is 7. The van der Waals surface area contributed by atoms with E-state index < -0.39 is 88.6 Å². The Morgan fingerprint density at radius 3 is 1.40 bits per heavy atom. The molecule has 8 nitrogen and oxygen atoms in total. The summed E-state index contributed by atoms with van der Waals surface area (Å²) in [5.74, 6) is -5.16. The molecule has 0 radical (unpaired) electrons. The summed E-state index contributed by atoms with van der Waals surface area (Å²) in [7, 11) is 0. The van der Waals surface area contributed by atoms with Crippen molar-refractivity contribution in [3.8, 4) is 11.8 Å². The number of aromatic nitrogens is 2. The summed E-state index contributed by atoms with van der Waals surface area (Å²) >= 11 is 5.30. The molecule has 22 heteroatoms. The predicted octanol–water partition coefficient (Wildman–Crippen LogP) is 7.48. The van der Waals surface area contributed by atoms with E-state index in [9.17, 15) is 62.3 Å². The quantitative estimate of drug-likeness (QED) is 0.229. The molecule has 2 heterocycles. The zero-order valence-corrected chi connectivity index (χ0v) is 23.1. The molecule has 0 fully saturated rings. The molecule has 42 heavy (non-hydrogen) atoms. The Hall–Kier alpha value is -3.04. The maximum atomic E-state index is 12.9. The summed E-state index contributed by atoms with van der Waals surface area (Å²) in [6, 6.07) is 1.13. The molecule has 2 rings (SSSR count). The van der Waals surface area contributed by atoms with Gasteiger partial charge in [-0.25, -0.2) is 19.6 Å². The van der Waals surface area contributed by atoms with Gasteiger partial charge in [0.1, 0.15) is 0 Å². The van der Waals surface area contributed by atoms with Gasteiger partial charge in [-0.15, -0.1) is 0 Å². The molecule has 0 aliphatic heterocycles. The standard InChI is InChI=1S/C11H8BrF6NO3.C9H4BrF6NO3/c1-2-21-9(20)5-3-6(12)8(22-4-10(13,14)15)19-7(5)11(16,17)18;10-4-1-3(7(18)19)5(9(14,15)16)17-6(4)20-2-8(11,12)13/h3H,2,4H2,1H3;1H,2H2,(H,18,19). The second-order valence-electron chi connectivity index (χ2n) is 7.17. The summed E-state index contributed by atoms with van der Waals surface area (Å²) in [5, 5.41) is 8.62. The smallest absolute Gasteiger partial charge is 0.434 e. The van der Waals surface area contributed by atoms with Crippen LogP contribution in [0.4, 0.5) is 52.7 Å². The maximum Gasteiger partial charge on any atom is 0.434 e. The third-order valence-electron chi connectivity index (χ3n) is 3.90. The van der Waals surface area contributed by atoms with Crippen LogP contribution in [0.5, 0.6) is 11.8 Å². The molecule has 0 aromatic carbocycles. The first kappa shape index (κ1) is 37.0. The van der Waals surface area contributed by atoms with Gasteiger partial charge in [-0.1, -0.05) is 0 Å². The number of ether oxygens (including phenoxy) is 3. The lowest BCUT2D eigenvalue weighted by Gasteiger charge is -2.15. The van der Waals surface area contributed by atoms with Gasteiger partial charge in [0.15, 0.2) is 24.6 Å². The monoisotopic (exact) mass is 762 g/mol. The van der Waals surface area contributed by atoms with Crippen LogP contribution in [-0.4, -0.2) is 59.2 Å². The Balaban J connectivity index is 0.000000422. The average Bonchev–Trinajstić information content (AvgIpc) is 2.80. The fourth-order valence-electron chi connectivity index (χ4n) is 2.41. The van der Waals surface area contributed by atoms with E-state index in [1.807, 2.05) is 0 Å². The van der Waals surface area contributed by atoms with Gasteiger partial charge in [0, 0.05) is 0 Å². The van der Waals surface area contributed by atoms with E-state index in [1.54, 1.807) is 0 Å². The van der Waals surface area contributed by atoms with Crippen LogP contribution in [0.25, 0.3) is 0 Å². The topological polar surface area (TPSA) is 108 Å². The lowest BCUT2D eigenvalue weighted by molar-refractivity contribution is -0.156. The van der Waals surface area contributed by atoms with Crippen molar-refractivity contribution in [3.63, 3.8) is 0 Å². The minimum absolute atomic E-state index is 0.180. The third-order valence-corrected chi connectivity index (χ3v) is 5.03. The molecule has 236 valence electrons. The largest absolute Gasteiger partial charge is 0.478 e. The first-order valence-electron chi connectivity index (χ1n) is 10.2. The van der Waals surface area contributed by atoms with Crippen molar-refractivity contribution in [1.29, 1.82) is 0 Å². The Kier molecular flexibility index (Phi) is 12.3. The van der Waals surface area contributed by atoms with Gasteiger partial charge in [-0.2, -0.15) is 52.7 Å². The van der Waals surface area contributed by atoms with E-state index in [2.05, 4.69) is 56.0 Å². The lowest BCUT2D eigenvalue weighted by Crippen LogP contribution is -2.22. The van der Waals surface area contributed by atoms with Crippen LogP contribution in [-0.2, 0) is 17.1 Å². The summed E-state index contributed by atoms with van der Waals surface area (Å²) < 4.78 is 160. The Morgan fingerprint density at radius 1 is 0.738 bits per heavy atom. The van der Waals surface area contributed by atoms with Crippen LogP contribution in [0.1, 0.15) is 39.0 Å². The molecule has 0 saturated carbocycles. The minimum Gasteiger partial charge on any atom is -0.478 e. The van der Waals surface area contributed by atoms with Gasteiger partial charge in [-0.3, -0.25) is 0 Å². The van der Waals surface area contributed by atoms with Crippen molar-refractivity contribution < 1.29 is 81.6 Å².